The fourth-order valence-electron chi connectivity index (χ4n) is 2.11. The Morgan fingerprint density at radius 1 is 1.33 bits per heavy atom. The maximum Gasteiger partial charge on any atom is 0.235 e. The molecule has 2 aromatic rings. The van der Waals surface area contributed by atoms with E-state index >= 15 is 0 Å². The maximum atomic E-state index is 5.65. The SMILES string of the molecule is Cn1cncc1C1=NC(Cc2ccccc2)CO1. The summed E-state index contributed by atoms with van der Waals surface area (Å²) in [5.74, 6) is 0.705. The zero-order valence-corrected chi connectivity index (χ0v) is 10.3. The summed E-state index contributed by atoms with van der Waals surface area (Å²) in [5, 5.41) is 0. The van der Waals surface area contributed by atoms with E-state index in [9.17, 15) is 0 Å². The lowest BCUT2D eigenvalue weighted by atomic mass is 10.1. The van der Waals surface area contributed by atoms with Gasteiger partial charge in [0.05, 0.1) is 18.6 Å². The number of aromatic nitrogens is 2. The molecule has 1 aromatic carbocycles. The minimum absolute atomic E-state index is 0.206. The van der Waals surface area contributed by atoms with Crippen LogP contribution in [0.4, 0.5) is 0 Å². The number of hydrogen-bond acceptors (Lipinski definition) is 3. The molecule has 0 amide bonds. The van der Waals surface area contributed by atoms with Gasteiger partial charge in [-0.25, -0.2) is 9.98 Å². The molecule has 4 heteroatoms. The van der Waals surface area contributed by atoms with Gasteiger partial charge >= 0.3 is 0 Å². The number of nitrogens with zero attached hydrogens (tertiary/aromatic N) is 3. The Bertz CT molecular complexity index is 559. The average molecular weight is 241 g/mol. The van der Waals surface area contributed by atoms with Gasteiger partial charge in [0.2, 0.25) is 5.90 Å². The molecule has 0 saturated heterocycles. The number of hydrogen-bond donors (Lipinski definition) is 0. The summed E-state index contributed by atoms with van der Waals surface area (Å²) >= 11 is 0. The lowest BCUT2D eigenvalue weighted by molar-refractivity contribution is 0.315. The molecule has 0 spiro atoms. The van der Waals surface area contributed by atoms with Gasteiger partial charge in [-0.1, -0.05) is 30.3 Å². The molecule has 18 heavy (non-hydrogen) atoms. The number of benzene rings is 1. The van der Waals surface area contributed by atoms with Crippen molar-refractivity contribution in [2.24, 2.45) is 12.0 Å². The van der Waals surface area contributed by atoms with Crippen LogP contribution < -0.4 is 0 Å². The number of aliphatic imine (C=N–C) groups is 1. The van der Waals surface area contributed by atoms with Gasteiger partial charge in [0.15, 0.2) is 0 Å². The molecule has 1 aliphatic heterocycles. The molecule has 0 radical (unpaired) electrons. The molecule has 1 aromatic heterocycles. The topological polar surface area (TPSA) is 39.4 Å². The lowest BCUT2D eigenvalue weighted by Crippen LogP contribution is -2.09. The van der Waals surface area contributed by atoms with Crippen LogP contribution in [0.3, 0.4) is 0 Å². The number of aryl methyl sites for hydroxylation is 1. The molecule has 1 aliphatic rings. The standard InChI is InChI=1S/C14H15N3O/c1-17-10-15-8-13(17)14-16-12(9-18-14)7-11-5-3-2-4-6-11/h2-6,8,10,12H,7,9H2,1H3. The van der Waals surface area contributed by atoms with Gasteiger partial charge in [-0.2, -0.15) is 0 Å². The van der Waals surface area contributed by atoms with Crippen molar-refractivity contribution in [2.45, 2.75) is 12.5 Å². The Kier molecular flexibility index (Phi) is 2.84. The zero-order valence-electron chi connectivity index (χ0n) is 10.3. The molecule has 92 valence electrons. The van der Waals surface area contributed by atoms with Gasteiger partial charge in [0.25, 0.3) is 0 Å². The smallest absolute Gasteiger partial charge is 0.235 e. The van der Waals surface area contributed by atoms with E-state index in [1.54, 1.807) is 12.5 Å². The Hall–Kier alpha value is -2.10. The second-order valence-electron chi connectivity index (χ2n) is 4.48. The predicted molar refractivity (Wildman–Crippen MR) is 69.6 cm³/mol. The number of imidazole rings is 1. The zero-order chi connectivity index (χ0) is 12.4. The fraction of sp³-hybridized carbons (Fsp3) is 0.286. The molecule has 1 unspecified atom stereocenters. The van der Waals surface area contributed by atoms with Gasteiger partial charge in [-0.3, -0.25) is 0 Å². The first-order chi connectivity index (χ1) is 8.83. The van der Waals surface area contributed by atoms with Crippen molar-refractivity contribution in [3.63, 3.8) is 0 Å². The Labute approximate surface area is 106 Å². The number of rotatable bonds is 3. The highest BCUT2D eigenvalue weighted by molar-refractivity contribution is 5.93. The molecule has 0 fully saturated rings. The molecule has 0 N–H and O–H groups in total. The third-order valence-electron chi connectivity index (χ3n) is 3.06. The molecule has 0 aliphatic carbocycles. The van der Waals surface area contributed by atoms with Gasteiger partial charge in [0.1, 0.15) is 12.3 Å². The second kappa shape index (κ2) is 4.64. The van der Waals surface area contributed by atoms with Crippen LogP contribution in [0.1, 0.15) is 11.3 Å². The van der Waals surface area contributed by atoms with Gasteiger partial charge in [-0.05, 0) is 12.0 Å². The van der Waals surface area contributed by atoms with Crippen LogP contribution in [0.5, 0.6) is 0 Å². The van der Waals surface area contributed by atoms with E-state index in [2.05, 4.69) is 34.2 Å². The van der Waals surface area contributed by atoms with Gasteiger partial charge < -0.3 is 9.30 Å². The fourth-order valence-corrected chi connectivity index (χ4v) is 2.11. The van der Waals surface area contributed by atoms with Gasteiger partial charge in [-0.15, -0.1) is 0 Å². The minimum atomic E-state index is 0.206. The first-order valence-electron chi connectivity index (χ1n) is 6.04. The van der Waals surface area contributed by atoms with Crippen LogP contribution in [0.15, 0.2) is 47.8 Å². The quantitative estimate of drug-likeness (QED) is 0.822. The molecule has 2 heterocycles. The van der Waals surface area contributed by atoms with Crippen LogP contribution in [0.2, 0.25) is 0 Å². The first-order valence-corrected chi connectivity index (χ1v) is 6.04. The van der Waals surface area contributed by atoms with Crippen LogP contribution in [0.25, 0.3) is 0 Å². The molecular formula is C14H15N3O. The first kappa shape index (κ1) is 11.0. The van der Waals surface area contributed by atoms with Crippen molar-refractivity contribution < 1.29 is 4.74 Å². The number of ether oxygens (including phenoxy) is 1. The van der Waals surface area contributed by atoms with E-state index in [4.69, 9.17) is 4.74 Å². The van der Waals surface area contributed by atoms with Crippen molar-refractivity contribution in [3.8, 4) is 0 Å². The molecule has 0 saturated carbocycles. The van der Waals surface area contributed by atoms with Crippen LogP contribution in [-0.2, 0) is 18.2 Å². The largest absolute Gasteiger partial charge is 0.474 e. The maximum absolute atomic E-state index is 5.65. The predicted octanol–water partition coefficient (Wildman–Crippen LogP) is 1.81. The molecular weight excluding hydrogens is 226 g/mol. The Morgan fingerprint density at radius 2 is 2.17 bits per heavy atom. The molecule has 1 atom stereocenters. The van der Waals surface area contributed by atoms with Crippen molar-refractivity contribution in [2.75, 3.05) is 6.61 Å². The Balaban J connectivity index is 1.74. The minimum Gasteiger partial charge on any atom is -0.474 e. The summed E-state index contributed by atoms with van der Waals surface area (Å²) in [7, 11) is 1.94. The van der Waals surface area contributed by atoms with E-state index in [0.717, 1.165) is 12.1 Å². The second-order valence-corrected chi connectivity index (χ2v) is 4.48. The third-order valence-corrected chi connectivity index (χ3v) is 3.06. The summed E-state index contributed by atoms with van der Waals surface area (Å²) in [6.45, 7) is 0.648. The van der Waals surface area contributed by atoms with Crippen molar-refractivity contribution in [1.82, 2.24) is 9.55 Å². The third kappa shape index (κ3) is 2.14. The van der Waals surface area contributed by atoms with Crippen LogP contribution >= 0.6 is 0 Å². The van der Waals surface area contributed by atoms with E-state index < -0.39 is 0 Å². The van der Waals surface area contributed by atoms with Crippen molar-refractivity contribution >= 4 is 5.90 Å². The van der Waals surface area contributed by atoms with E-state index in [0.29, 0.717) is 12.5 Å². The highest BCUT2D eigenvalue weighted by Gasteiger charge is 2.22. The highest BCUT2D eigenvalue weighted by Crippen LogP contribution is 2.15. The summed E-state index contributed by atoms with van der Waals surface area (Å²) in [6, 6.07) is 10.6. The summed E-state index contributed by atoms with van der Waals surface area (Å²) in [6.07, 6.45) is 4.46. The van der Waals surface area contributed by atoms with Crippen LogP contribution in [-0.4, -0.2) is 28.1 Å². The lowest BCUT2D eigenvalue weighted by Gasteiger charge is -2.03. The average Bonchev–Trinajstić information content (AvgIpc) is 2.99. The summed E-state index contributed by atoms with van der Waals surface area (Å²) in [4.78, 5) is 8.70. The Morgan fingerprint density at radius 3 is 2.89 bits per heavy atom. The van der Waals surface area contributed by atoms with E-state index in [1.807, 2.05) is 17.7 Å². The molecule has 3 rings (SSSR count). The van der Waals surface area contributed by atoms with Gasteiger partial charge in [0, 0.05) is 7.05 Å². The monoisotopic (exact) mass is 241 g/mol. The summed E-state index contributed by atoms with van der Waals surface area (Å²) in [5.41, 5.74) is 2.23. The van der Waals surface area contributed by atoms with E-state index in [1.165, 1.54) is 5.56 Å². The summed E-state index contributed by atoms with van der Waals surface area (Å²) < 4.78 is 7.57. The van der Waals surface area contributed by atoms with Crippen molar-refractivity contribution in [3.05, 3.63) is 54.1 Å². The normalized spacial score (nSPS) is 18.5. The van der Waals surface area contributed by atoms with Crippen LogP contribution in [0, 0.1) is 0 Å². The highest BCUT2D eigenvalue weighted by atomic mass is 16.5. The van der Waals surface area contributed by atoms with Crippen molar-refractivity contribution in [1.29, 1.82) is 0 Å². The molecule has 0 bridgehead atoms. The van der Waals surface area contributed by atoms with E-state index in [-0.39, 0.29) is 6.04 Å². The molecule has 4 nitrogen and oxygen atoms in total.